The number of aromatic nitrogens is 6. The number of hydrogen-bond donors (Lipinski definition) is 4. The molecule has 0 bridgehead atoms. The molecule has 4 fully saturated rings. The van der Waals surface area contributed by atoms with Crippen molar-refractivity contribution in [2.24, 2.45) is 0 Å². The van der Waals surface area contributed by atoms with Gasteiger partial charge in [-0.15, -0.1) is 22.7 Å². The van der Waals surface area contributed by atoms with E-state index >= 15 is 0 Å². The van der Waals surface area contributed by atoms with Crippen LogP contribution < -0.4 is 41.8 Å². The Morgan fingerprint density at radius 1 is 0.268 bits per heavy atom. The molecule has 30 nitrogen and oxygen atoms in total. The summed E-state index contributed by atoms with van der Waals surface area (Å²) in [6.07, 6.45) is 8.97. The molecule has 10 aliphatic heterocycles. The monoisotopic (exact) mass is 1870 g/mol. The van der Waals surface area contributed by atoms with Crippen molar-refractivity contribution in [2.45, 2.75) is 61.9 Å². The number of carbonyl (C=O) groups is 4. The van der Waals surface area contributed by atoms with E-state index in [4.69, 9.17) is 18.9 Å². The van der Waals surface area contributed by atoms with Crippen molar-refractivity contribution in [3.63, 3.8) is 0 Å². The maximum atomic E-state index is 13.5. The number of thiophene rings is 2. The molecule has 8 atom stereocenters. The number of amides is 4. The van der Waals surface area contributed by atoms with E-state index in [1.165, 1.54) is 56.3 Å². The zero-order valence-electron chi connectivity index (χ0n) is 73.8. The Kier molecular flexibility index (Phi) is 20.1. The summed E-state index contributed by atoms with van der Waals surface area (Å²) < 4.78 is 34.6. The largest absolute Gasteiger partial charge is 0.502 e. The predicted octanol–water partition coefficient (Wildman–Crippen LogP) is 12.4. The van der Waals surface area contributed by atoms with Gasteiger partial charge in [-0.1, -0.05) is 182 Å². The van der Waals surface area contributed by atoms with Crippen LogP contribution in [0.3, 0.4) is 0 Å². The first-order chi connectivity index (χ1) is 67.6. The number of nitrogens with zero attached hydrogens (tertiary/aromatic N) is 14. The summed E-state index contributed by atoms with van der Waals surface area (Å²) in [4.78, 5) is 112. The molecule has 0 saturated carbocycles. The molecule has 688 valence electrons. The van der Waals surface area contributed by atoms with Crippen molar-refractivity contribution in [1.29, 1.82) is 0 Å². The first-order valence-electron chi connectivity index (χ1n) is 45.9. The van der Waals surface area contributed by atoms with Crippen LogP contribution >= 0.6 is 22.7 Å². The van der Waals surface area contributed by atoms with E-state index in [1.807, 2.05) is 72.8 Å². The molecule has 0 radical (unpaired) electrons. The molecule has 4 amide bonds. The normalized spacial score (nSPS) is 20.7. The maximum absolute atomic E-state index is 13.5. The lowest BCUT2D eigenvalue weighted by atomic mass is 9.92. The van der Waals surface area contributed by atoms with Gasteiger partial charge in [-0.2, -0.15) is 0 Å². The molecule has 16 aromatic rings. The van der Waals surface area contributed by atoms with Crippen molar-refractivity contribution in [1.82, 2.24) is 47.4 Å². The van der Waals surface area contributed by atoms with E-state index in [1.54, 1.807) is 85.8 Å². The zero-order chi connectivity index (χ0) is 93.3. The molecule has 32 heteroatoms. The summed E-state index contributed by atoms with van der Waals surface area (Å²) in [5, 5.41) is 57.8. The van der Waals surface area contributed by atoms with E-state index < -0.39 is 69.4 Å². The topological polar surface area (TPSA) is 310 Å². The van der Waals surface area contributed by atoms with E-state index in [9.17, 15) is 58.8 Å². The fraction of sp³-hybridized carbons (Fsp3) is 0.208. The Balaban J connectivity index is 0.0000000975. The summed E-state index contributed by atoms with van der Waals surface area (Å²) in [6.45, 7) is 5.92. The number of fused-ring (bicyclic) bond motifs is 20. The zero-order valence-corrected chi connectivity index (χ0v) is 75.5. The second kappa shape index (κ2) is 33.0. The number of carbonyl (C=O) groups excluding carboxylic acids is 4. The molecule has 4 N–H and O–H groups in total. The van der Waals surface area contributed by atoms with Crippen LogP contribution in [0.1, 0.15) is 122 Å². The number of benzene rings is 8. The number of para-hydroxylation sites is 2. The van der Waals surface area contributed by atoms with Crippen molar-refractivity contribution >= 4 is 68.1 Å². The van der Waals surface area contributed by atoms with E-state index in [0.717, 1.165) is 102 Å². The highest BCUT2D eigenvalue weighted by Crippen LogP contribution is 2.54. The minimum Gasteiger partial charge on any atom is -0.502 e. The number of aromatic hydroxyl groups is 4. The lowest BCUT2D eigenvalue weighted by Gasteiger charge is -2.51. The highest BCUT2D eigenvalue weighted by molar-refractivity contribution is 7.14. The van der Waals surface area contributed by atoms with Gasteiger partial charge in [0.2, 0.25) is 21.7 Å². The third-order valence-corrected chi connectivity index (χ3v) is 30.7. The third kappa shape index (κ3) is 12.9. The van der Waals surface area contributed by atoms with Crippen LogP contribution in [0.2, 0.25) is 0 Å². The Morgan fingerprint density at radius 2 is 0.543 bits per heavy atom. The predicted molar refractivity (Wildman–Crippen MR) is 518 cm³/mol. The van der Waals surface area contributed by atoms with Crippen LogP contribution in [0, 0.1) is 0 Å². The van der Waals surface area contributed by atoms with Crippen molar-refractivity contribution < 1.29 is 58.6 Å². The van der Waals surface area contributed by atoms with E-state index in [-0.39, 0.29) is 70.6 Å². The van der Waals surface area contributed by atoms with Gasteiger partial charge < -0.3 is 68.1 Å². The lowest BCUT2D eigenvalue weighted by molar-refractivity contribution is -0.0197. The van der Waals surface area contributed by atoms with Crippen LogP contribution in [0.5, 0.6) is 23.0 Å². The molecule has 0 spiro atoms. The van der Waals surface area contributed by atoms with Crippen LogP contribution in [0.15, 0.2) is 298 Å². The molecule has 2 aliphatic carbocycles. The van der Waals surface area contributed by atoms with Gasteiger partial charge in [-0.3, -0.25) is 77.1 Å². The Hall–Kier alpha value is -15.8. The molecule has 4 saturated heterocycles. The van der Waals surface area contributed by atoms with E-state index in [0.29, 0.717) is 79.0 Å². The van der Waals surface area contributed by atoms with E-state index in [2.05, 4.69) is 186 Å². The average molecular weight is 1880 g/mol. The second-order valence-electron chi connectivity index (χ2n) is 35.8. The Labute approximate surface area is 794 Å². The first-order valence-corrected chi connectivity index (χ1v) is 47.6. The van der Waals surface area contributed by atoms with Gasteiger partial charge in [-0.25, -0.2) is 0 Å². The molecule has 138 heavy (non-hydrogen) atoms. The first kappa shape index (κ1) is 83.9. The van der Waals surface area contributed by atoms with Crippen molar-refractivity contribution in [2.75, 3.05) is 99.1 Å². The third-order valence-electron chi connectivity index (χ3n) is 28.8. The van der Waals surface area contributed by atoms with Crippen LogP contribution in [0.25, 0.3) is 64.9 Å². The van der Waals surface area contributed by atoms with Gasteiger partial charge in [0.15, 0.2) is 45.8 Å². The standard InChI is InChI=1S/2C27H21N3O4S.2C26H22N4O4/c2*31-21-9-11-29-24(25(21)32)27(33)28-12-13-34-15-22(28)30(29)23-17-6-2-1-5-16(17)20-10-14-35-26(20)19-8-4-3-7-18(19)23;2*31-20-9-11-29-24(25(20)32)26(33)28-12-13-34-15-21(28)30(29)23-18-6-2-1-4-17(18)14-27-10-8-16-5-3-7-19(23)22(16)27/h2*1-11,14,22-23,32H,12-13,15H2;2*1-11,21,23,32H,12-15H2/t22-,23+;;21-,23+;/m1.1./s1. The lowest BCUT2D eigenvalue weighted by Crippen LogP contribution is -2.66. The minimum atomic E-state index is -0.569. The maximum Gasteiger partial charge on any atom is 0.278 e. The fourth-order valence-corrected chi connectivity index (χ4v) is 24.7. The molecule has 8 aromatic heterocycles. The number of ether oxygens (including phenoxy) is 4. The van der Waals surface area contributed by atoms with Crippen LogP contribution in [-0.2, 0) is 32.0 Å². The highest BCUT2D eigenvalue weighted by atomic mass is 32.1. The molecule has 12 aliphatic rings. The Bertz CT molecular complexity index is 7460. The summed E-state index contributed by atoms with van der Waals surface area (Å²) in [7, 11) is 0. The fourth-order valence-electron chi connectivity index (χ4n) is 22.8. The Morgan fingerprint density at radius 3 is 0.870 bits per heavy atom. The molecule has 28 rings (SSSR count). The number of rotatable bonds is 4. The van der Waals surface area contributed by atoms with Crippen LogP contribution in [0.4, 0.5) is 0 Å². The van der Waals surface area contributed by atoms with Gasteiger partial charge in [-0.05, 0) is 113 Å². The van der Waals surface area contributed by atoms with Crippen LogP contribution in [-0.4, -0.2) is 195 Å². The molecule has 4 unspecified atom stereocenters. The summed E-state index contributed by atoms with van der Waals surface area (Å²) >= 11 is 3.42. The minimum absolute atomic E-state index is 0.00469. The SMILES string of the molecule is O=C1c2c(O)c(=O)ccn2N(C2c3ccccc3-c3ccsc3-c3ccccc32)C2COCCN12.O=C1c2c(O)c(=O)ccn2N(C2c3ccccc3Cn3ccc4cccc2c43)C2COCCN12.O=C1c2c(O)c(=O)ccn2N([C@H]2c3ccccc3-c3ccsc3-c3ccccc32)[C@@H]2COCCN12.O=C1c2c(O)c(=O)ccn2N([C@H]2c3ccccc3Cn3ccc4cccc2c43)[C@@H]2COCCN12. The quantitative estimate of drug-likeness (QED) is 0.127. The van der Waals surface area contributed by atoms with Gasteiger partial charge in [0, 0.05) is 133 Å². The molecular formula is C106H86N14O16S2. The van der Waals surface area contributed by atoms with Gasteiger partial charge >= 0.3 is 0 Å². The average Bonchev–Trinajstić information content (AvgIpc) is 1.41. The molecule has 8 aromatic carbocycles. The number of hydrogen-bond acceptors (Lipinski definition) is 22. The second-order valence-corrected chi connectivity index (χ2v) is 37.6. The van der Waals surface area contributed by atoms with Crippen molar-refractivity contribution in [3.05, 3.63) is 398 Å². The molecule has 18 heterocycles. The molecular weight excluding hydrogens is 1790 g/mol. The smallest absolute Gasteiger partial charge is 0.278 e. The number of pyridine rings is 4. The summed E-state index contributed by atoms with van der Waals surface area (Å²) in [6, 6.07) is 75.2. The van der Waals surface area contributed by atoms with Gasteiger partial charge in [0.1, 0.15) is 36.7 Å². The van der Waals surface area contributed by atoms with Gasteiger partial charge in [0.25, 0.3) is 23.6 Å². The highest BCUT2D eigenvalue weighted by Gasteiger charge is 2.52. The number of morpholine rings is 4. The summed E-state index contributed by atoms with van der Waals surface area (Å²) in [5.74, 6) is -3.54. The summed E-state index contributed by atoms with van der Waals surface area (Å²) in [5.41, 5.74) is 17.9. The van der Waals surface area contributed by atoms with Gasteiger partial charge in [0.05, 0.1) is 76.0 Å². The van der Waals surface area contributed by atoms with Crippen molar-refractivity contribution in [3.8, 4) is 66.1 Å².